The number of methoxy groups -OCH3 is 1. The maximum atomic E-state index is 6.54. The average Bonchev–Trinajstić information content (AvgIpc) is 3.10. The van der Waals surface area contributed by atoms with E-state index in [0.717, 1.165) is 29.8 Å². The van der Waals surface area contributed by atoms with Crippen molar-refractivity contribution in [2.24, 2.45) is 23.5 Å². The second-order valence-corrected chi connectivity index (χ2v) is 5.78. The van der Waals surface area contributed by atoms with Gasteiger partial charge in [-0.15, -0.1) is 0 Å². The Morgan fingerprint density at radius 3 is 2.89 bits per heavy atom. The molecule has 18 heavy (non-hydrogen) atoms. The van der Waals surface area contributed by atoms with E-state index in [1.165, 1.54) is 25.7 Å². The largest absolute Gasteiger partial charge is 0.493 e. The molecule has 0 spiro atoms. The van der Waals surface area contributed by atoms with E-state index >= 15 is 0 Å². The van der Waals surface area contributed by atoms with E-state index in [-0.39, 0.29) is 6.04 Å². The number of nitrogens with two attached hydrogens (primary N) is 1. The first-order valence-corrected chi connectivity index (χ1v) is 7.09. The first-order chi connectivity index (χ1) is 8.74. The van der Waals surface area contributed by atoms with E-state index in [4.69, 9.17) is 10.5 Å². The monoisotopic (exact) mass is 249 g/mol. The number of hydrogen-bond donors (Lipinski definition) is 1. The minimum atomic E-state index is 0.0812. The van der Waals surface area contributed by atoms with Gasteiger partial charge in [-0.1, -0.05) is 6.42 Å². The quantitative estimate of drug-likeness (QED) is 0.891. The van der Waals surface area contributed by atoms with Gasteiger partial charge in [0, 0.05) is 6.54 Å². The summed E-state index contributed by atoms with van der Waals surface area (Å²) in [5.41, 5.74) is 7.64. The van der Waals surface area contributed by atoms with Gasteiger partial charge in [-0.25, -0.2) is 0 Å². The topological polar surface area (TPSA) is 53.1 Å². The van der Waals surface area contributed by atoms with Gasteiger partial charge in [-0.3, -0.25) is 4.68 Å². The van der Waals surface area contributed by atoms with Crippen LogP contribution in [-0.4, -0.2) is 16.9 Å². The molecule has 0 radical (unpaired) electrons. The third-order valence-electron chi connectivity index (χ3n) is 4.93. The minimum Gasteiger partial charge on any atom is -0.493 e. The summed E-state index contributed by atoms with van der Waals surface area (Å²) < 4.78 is 7.42. The lowest BCUT2D eigenvalue weighted by Crippen LogP contribution is -2.28. The third kappa shape index (κ3) is 1.74. The fourth-order valence-electron chi connectivity index (χ4n) is 4.06. The molecule has 3 rings (SSSR count). The fourth-order valence-corrected chi connectivity index (χ4v) is 4.06. The van der Waals surface area contributed by atoms with Crippen molar-refractivity contribution in [1.29, 1.82) is 0 Å². The van der Waals surface area contributed by atoms with Crippen LogP contribution in [0.3, 0.4) is 0 Å². The van der Waals surface area contributed by atoms with Gasteiger partial charge >= 0.3 is 0 Å². The molecule has 2 aliphatic rings. The van der Waals surface area contributed by atoms with Crippen molar-refractivity contribution in [1.82, 2.24) is 9.78 Å². The van der Waals surface area contributed by atoms with Crippen LogP contribution in [-0.2, 0) is 6.54 Å². The summed E-state index contributed by atoms with van der Waals surface area (Å²) in [6.07, 6.45) is 7.26. The molecular formula is C14H23N3O. The molecule has 4 atom stereocenters. The summed E-state index contributed by atoms with van der Waals surface area (Å²) in [6, 6.07) is 0.0812. The van der Waals surface area contributed by atoms with E-state index in [1.807, 2.05) is 4.68 Å². The summed E-state index contributed by atoms with van der Waals surface area (Å²) >= 11 is 0. The highest BCUT2D eigenvalue weighted by Crippen LogP contribution is 2.52. The fraction of sp³-hybridized carbons (Fsp3) is 0.786. The molecular weight excluding hydrogens is 226 g/mol. The molecule has 0 aliphatic heterocycles. The molecule has 0 amide bonds. The molecule has 2 N–H and O–H groups in total. The summed E-state index contributed by atoms with van der Waals surface area (Å²) in [4.78, 5) is 0. The molecule has 4 unspecified atom stereocenters. The van der Waals surface area contributed by atoms with E-state index in [2.05, 4.69) is 12.0 Å². The van der Waals surface area contributed by atoms with Crippen molar-refractivity contribution in [3.63, 3.8) is 0 Å². The van der Waals surface area contributed by atoms with Crippen molar-refractivity contribution in [2.75, 3.05) is 7.11 Å². The van der Waals surface area contributed by atoms with Gasteiger partial charge in [-0.2, -0.15) is 5.10 Å². The van der Waals surface area contributed by atoms with Crippen molar-refractivity contribution in [3.8, 4) is 5.75 Å². The molecule has 2 saturated carbocycles. The number of hydrogen-bond acceptors (Lipinski definition) is 3. The summed E-state index contributed by atoms with van der Waals surface area (Å²) in [5.74, 6) is 3.23. The standard InChI is InChI=1S/C14H23N3O/c1-3-17-14(12(18-2)8-16-17)13(15)11-7-9-4-5-10(11)6-9/h8-11,13H,3-7,15H2,1-2H3. The Morgan fingerprint density at radius 1 is 1.50 bits per heavy atom. The smallest absolute Gasteiger partial charge is 0.161 e. The third-order valence-corrected chi connectivity index (χ3v) is 4.93. The zero-order chi connectivity index (χ0) is 12.7. The van der Waals surface area contributed by atoms with Crippen LogP contribution in [0, 0.1) is 17.8 Å². The van der Waals surface area contributed by atoms with Crippen molar-refractivity contribution in [2.45, 2.75) is 45.2 Å². The summed E-state index contributed by atoms with van der Waals surface area (Å²) in [7, 11) is 1.70. The molecule has 4 heteroatoms. The molecule has 2 fully saturated rings. The number of fused-ring (bicyclic) bond motifs is 2. The Hall–Kier alpha value is -1.03. The van der Waals surface area contributed by atoms with E-state index < -0.39 is 0 Å². The maximum absolute atomic E-state index is 6.54. The minimum absolute atomic E-state index is 0.0812. The number of aryl methyl sites for hydroxylation is 1. The molecule has 1 heterocycles. The molecule has 0 saturated heterocycles. The van der Waals surface area contributed by atoms with Gasteiger partial charge in [0.2, 0.25) is 0 Å². The average molecular weight is 249 g/mol. The van der Waals surface area contributed by atoms with Gasteiger partial charge in [0.25, 0.3) is 0 Å². The highest BCUT2D eigenvalue weighted by atomic mass is 16.5. The number of ether oxygens (including phenoxy) is 1. The summed E-state index contributed by atoms with van der Waals surface area (Å²) in [6.45, 7) is 2.96. The Kier molecular flexibility index (Phi) is 3.06. The molecule has 2 aliphatic carbocycles. The lowest BCUT2D eigenvalue weighted by atomic mass is 9.82. The van der Waals surface area contributed by atoms with Gasteiger partial charge in [-0.05, 0) is 43.9 Å². The van der Waals surface area contributed by atoms with Crippen LogP contribution in [0.15, 0.2) is 6.20 Å². The van der Waals surface area contributed by atoms with Crippen LogP contribution >= 0.6 is 0 Å². The van der Waals surface area contributed by atoms with Crippen LogP contribution in [0.4, 0.5) is 0 Å². The number of aromatic nitrogens is 2. The molecule has 0 aromatic carbocycles. The van der Waals surface area contributed by atoms with Crippen LogP contribution < -0.4 is 10.5 Å². The van der Waals surface area contributed by atoms with E-state index in [9.17, 15) is 0 Å². The van der Waals surface area contributed by atoms with Gasteiger partial charge < -0.3 is 10.5 Å². The lowest BCUT2D eigenvalue weighted by molar-refractivity contribution is 0.270. The zero-order valence-corrected chi connectivity index (χ0v) is 11.3. The highest BCUT2D eigenvalue weighted by Gasteiger charge is 2.43. The second kappa shape index (κ2) is 4.57. The Bertz CT molecular complexity index is 407. The maximum Gasteiger partial charge on any atom is 0.161 e. The van der Waals surface area contributed by atoms with E-state index in [1.54, 1.807) is 13.3 Å². The summed E-state index contributed by atoms with van der Waals surface area (Å²) in [5, 5.41) is 4.37. The predicted octanol–water partition coefficient (Wildman–Crippen LogP) is 2.35. The molecule has 2 bridgehead atoms. The predicted molar refractivity (Wildman–Crippen MR) is 70.3 cm³/mol. The Balaban J connectivity index is 1.87. The van der Waals surface area contributed by atoms with Gasteiger partial charge in [0.05, 0.1) is 25.0 Å². The van der Waals surface area contributed by atoms with E-state index in [0.29, 0.717) is 5.92 Å². The van der Waals surface area contributed by atoms with Gasteiger partial charge in [0.1, 0.15) is 0 Å². The van der Waals surface area contributed by atoms with Crippen molar-refractivity contribution < 1.29 is 4.74 Å². The van der Waals surface area contributed by atoms with Crippen LogP contribution in [0.2, 0.25) is 0 Å². The molecule has 100 valence electrons. The first kappa shape index (κ1) is 12.0. The second-order valence-electron chi connectivity index (χ2n) is 5.78. The lowest BCUT2D eigenvalue weighted by Gasteiger charge is -2.28. The van der Waals surface area contributed by atoms with Crippen LogP contribution in [0.1, 0.15) is 44.3 Å². The normalized spacial score (nSPS) is 31.8. The SMILES string of the molecule is CCn1ncc(OC)c1C(N)C1CC2CCC1C2. The Labute approximate surface area is 108 Å². The van der Waals surface area contributed by atoms with Crippen molar-refractivity contribution in [3.05, 3.63) is 11.9 Å². The highest BCUT2D eigenvalue weighted by molar-refractivity contribution is 5.29. The van der Waals surface area contributed by atoms with Crippen LogP contribution in [0.25, 0.3) is 0 Å². The molecule has 1 aromatic heterocycles. The Morgan fingerprint density at radius 2 is 2.33 bits per heavy atom. The first-order valence-electron chi connectivity index (χ1n) is 7.09. The zero-order valence-electron chi connectivity index (χ0n) is 11.3. The van der Waals surface area contributed by atoms with Crippen molar-refractivity contribution >= 4 is 0 Å². The molecule has 4 nitrogen and oxygen atoms in total. The number of rotatable bonds is 4. The number of nitrogens with zero attached hydrogens (tertiary/aromatic N) is 2. The molecule has 1 aromatic rings. The van der Waals surface area contributed by atoms with Crippen LogP contribution in [0.5, 0.6) is 5.75 Å². The van der Waals surface area contributed by atoms with Gasteiger partial charge in [0.15, 0.2) is 5.75 Å².